The first-order valence-electron chi connectivity index (χ1n) is 10.1. The number of amides is 1. The molecule has 1 fully saturated rings. The molecular weight excluding hydrogens is 394 g/mol. The van der Waals surface area contributed by atoms with Gasteiger partial charge < -0.3 is 10.1 Å². The molecule has 1 saturated carbocycles. The molecule has 4 atom stereocenters. The van der Waals surface area contributed by atoms with Crippen LogP contribution in [0.3, 0.4) is 0 Å². The molecule has 4 nitrogen and oxygen atoms in total. The van der Waals surface area contributed by atoms with E-state index in [9.17, 15) is 9.59 Å². The smallest absolute Gasteiger partial charge is 0.319 e. The van der Waals surface area contributed by atoms with Crippen molar-refractivity contribution in [1.29, 1.82) is 0 Å². The summed E-state index contributed by atoms with van der Waals surface area (Å²) in [6, 6.07) is 5.34. The summed E-state index contributed by atoms with van der Waals surface area (Å²) in [4.78, 5) is 24.8. The topological polar surface area (TPSA) is 55.4 Å². The molecule has 1 aromatic rings. The van der Waals surface area contributed by atoms with Gasteiger partial charge in [-0.2, -0.15) is 0 Å². The van der Waals surface area contributed by atoms with E-state index in [0.717, 1.165) is 24.1 Å². The molecule has 1 aliphatic rings. The Morgan fingerprint density at radius 1 is 1.29 bits per heavy atom. The summed E-state index contributed by atoms with van der Waals surface area (Å²) in [5, 5.41) is 3.13. The number of rotatable bonds is 7. The van der Waals surface area contributed by atoms with Crippen LogP contribution in [-0.4, -0.2) is 29.0 Å². The fraction of sp³-hybridized carbons (Fsp3) is 0.636. The van der Waals surface area contributed by atoms with E-state index >= 15 is 0 Å². The third-order valence-corrected chi connectivity index (χ3v) is 6.84. The number of halogens is 1. The van der Waals surface area contributed by atoms with Gasteiger partial charge in [0.15, 0.2) is 0 Å². The fourth-order valence-electron chi connectivity index (χ4n) is 3.72. The normalized spacial score (nSPS) is 23.3. The Morgan fingerprint density at radius 2 is 2.00 bits per heavy atom. The molecule has 1 aromatic carbocycles. The Bertz CT molecular complexity index is 694. The van der Waals surface area contributed by atoms with Crippen LogP contribution in [-0.2, 0) is 14.3 Å². The number of thioether (sulfide) groups is 1. The van der Waals surface area contributed by atoms with E-state index in [-0.39, 0.29) is 29.0 Å². The van der Waals surface area contributed by atoms with Crippen molar-refractivity contribution in [3.63, 3.8) is 0 Å². The highest BCUT2D eigenvalue weighted by molar-refractivity contribution is 8.01. The van der Waals surface area contributed by atoms with Crippen molar-refractivity contribution in [3.05, 3.63) is 28.8 Å². The van der Waals surface area contributed by atoms with Crippen LogP contribution in [0.5, 0.6) is 0 Å². The van der Waals surface area contributed by atoms with Gasteiger partial charge in [-0.05, 0) is 68.2 Å². The highest BCUT2D eigenvalue weighted by atomic mass is 35.5. The van der Waals surface area contributed by atoms with Crippen molar-refractivity contribution in [1.82, 2.24) is 0 Å². The van der Waals surface area contributed by atoms with Gasteiger partial charge in [0.05, 0.1) is 5.75 Å². The van der Waals surface area contributed by atoms with Crippen molar-refractivity contribution < 1.29 is 14.3 Å². The highest BCUT2D eigenvalue weighted by Crippen LogP contribution is 2.35. The van der Waals surface area contributed by atoms with Crippen molar-refractivity contribution >= 4 is 40.9 Å². The monoisotopic (exact) mass is 425 g/mol. The molecule has 0 spiro atoms. The van der Waals surface area contributed by atoms with Gasteiger partial charge in [-0.3, -0.25) is 9.59 Å². The van der Waals surface area contributed by atoms with E-state index in [2.05, 4.69) is 26.1 Å². The van der Waals surface area contributed by atoms with E-state index in [0.29, 0.717) is 22.8 Å². The fourth-order valence-corrected chi connectivity index (χ4v) is 4.61. The number of carbonyl (C=O) groups is 2. The van der Waals surface area contributed by atoms with Crippen LogP contribution in [0.1, 0.15) is 52.5 Å². The van der Waals surface area contributed by atoms with Gasteiger partial charge >= 0.3 is 5.97 Å². The van der Waals surface area contributed by atoms with Crippen molar-refractivity contribution in [2.24, 2.45) is 17.8 Å². The molecule has 156 valence electrons. The van der Waals surface area contributed by atoms with Crippen LogP contribution in [0.15, 0.2) is 18.2 Å². The van der Waals surface area contributed by atoms with Gasteiger partial charge in [0.25, 0.3) is 0 Å². The Hall–Kier alpha value is -1.20. The van der Waals surface area contributed by atoms with Gasteiger partial charge in [0, 0.05) is 10.7 Å². The summed E-state index contributed by atoms with van der Waals surface area (Å²) >= 11 is 7.25. The zero-order valence-corrected chi connectivity index (χ0v) is 19.0. The van der Waals surface area contributed by atoms with Gasteiger partial charge in [0.2, 0.25) is 5.91 Å². The third kappa shape index (κ3) is 6.70. The van der Waals surface area contributed by atoms with Crippen LogP contribution < -0.4 is 5.32 Å². The zero-order valence-electron chi connectivity index (χ0n) is 17.5. The van der Waals surface area contributed by atoms with E-state index in [4.69, 9.17) is 16.3 Å². The van der Waals surface area contributed by atoms with E-state index < -0.39 is 0 Å². The first-order valence-corrected chi connectivity index (χ1v) is 11.5. The second kappa shape index (κ2) is 10.5. The minimum absolute atomic E-state index is 0.00940. The number of ether oxygens (including phenoxy) is 1. The average Bonchev–Trinajstić information content (AvgIpc) is 2.61. The maximum Gasteiger partial charge on any atom is 0.319 e. The summed E-state index contributed by atoms with van der Waals surface area (Å²) < 4.78 is 5.87. The molecule has 1 N–H and O–H groups in total. The number of aryl methyl sites for hydroxylation is 1. The first-order chi connectivity index (χ1) is 13.2. The highest BCUT2D eigenvalue weighted by Gasteiger charge is 2.34. The minimum Gasteiger partial charge on any atom is -0.461 e. The molecule has 0 radical (unpaired) electrons. The molecular formula is C22H32ClNO3S. The molecule has 1 amide bonds. The van der Waals surface area contributed by atoms with Crippen LogP contribution in [0, 0.1) is 24.7 Å². The standard InChI is InChI=1S/C22H32ClNO3S/c1-13(2)18-8-6-14(3)10-20(18)27-22(26)16(5)28-12-21(25)24-19-9-7-17(23)11-15(19)4/h7,9,11,13-14,16,18,20H,6,8,10,12H2,1-5H3,(H,24,25). The summed E-state index contributed by atoms with van der Waals surface area (Å²) in [7, 11) is 0. The molecule has 0 heterocycles. The quantitative estimate of drug-likeness (QED) is 0.568. The van der Waals surface area contributed by atoms with Crippen LogP contribution in [0.2, 0.25) is 5.02 Å². The maximum atomic E-state index is 12.6. The Labute approximate surface area is 178 Å². The van der Waals surface area contributed by atoms with Crippen LogP contribution >= 0.6 is 23.4 Å². The Morgan fingerprint density at radius 3 is 2.64 bits per heavy atom. The summed E-state index contributed by atoms with van der Waals surface area (Å²) in [6.45, 7) is 10.3. The van der Waals surface area contributed by atoms with Gasteiger partial charge in [-0.15, -0.1) is 11.8 Å². The predicted octanol–water partition coefficient (Wildman–Crippen LogP) is 5.71. The molecule has 0 aliphatic heterocycles. The number of carbonyl (C=O) groups excluding carboxylic acids is 2. The first kappa shape index (κ1) is 23.1. The molecule has 2 rings (SSSR count). The van der Waals surface area contributed by atoms with Gasteiger partial charge in [-0.25, -0.2) is 0 Å². The number of anilines is 1. The number of esters is 1. The molecule has 1 aliphatic carbocycles. The van der Waals surface area contributed by atoms with E-state index in [1.165, 1.54) is 18.2 Å². The average molecular weight is 426 g/mol. The van der Waals surface area contributed by atoms with Crippen molar-refractivity contribution in [2.45, 2.75) is 65.2 Å². The lowest BCUT2D eigenvalue weighted by Crippen LogP contribution is -2.37. The molecule has 0 saturated heterocycles. The van der Waals surface area contributed by atoms with E-state index in [1.807, 2.05) is 13.8 Å². The number of hydrogen-bond acceptors (Lipinski definition) is 4. The zero-order chi connectivity index (χ0) is 20.8. The van der Waals surface area contributed by atoms with Crippen molar-refractivity contribution in [3.8, 4) is 0 Å². The Balaban J connectivity index is 1.83. The van der Waals surface area contributed by atoms with Crippen LogP contribution in [0.25, 0.3) is 0 Å². The number of benzene rings is 1. The van der Waals surface area contributed by atoms with Gasteiger partial charge in [-0.1, -0.05) is 38.8 Å². The number of hydrogen-bond donors (Lipinski definition) is 1. The lowest BCUT2D eigenvalue weighted by molar-refractivity contribution is -0.154. The summed E-state index contributed by atoms with van der Waals surface area (Å²) in [5.74, 6) is 1.36. The largest absolute Gasteiger partial charge is 0.461 e. The summed E-state index contributed by atoms with van der Waals surface area (Å²) in [5.41, 5.74) is 1.64. The molecule has 28 heavy (non-hydrogen) atoms. The third-order valence-electron chi connectivity index (χ3n) is 5.49. The second-order valence-electron chi connectivity index (χ2n) is 8.26. The lowest BCUT2D eigenvalue weighted by Gasteiger charge is -2.37. The number of nitrogens with one attached hydrogen (secondary N) is 1. The van der Waals surface area contributed by atoms with Crippen molar-refractivity contribution in [2.75, 3.05) is 11.1 Å². The minimum atomic E-state index is -0.373. The second-order valence-corrected chi connectivity index (χ2v) is 10.0. The molecule has 0 aromatic heterocycles. The van der Waals surface area contributed by atoms with Gasteiger partial charge in [0.1, 0.15) is 11.4 Å². The molecule has 0 bridgehead atoms. The molecule has 4 unspecified atom stereocenters. The maximum absolute atomic E-state index is 12.6. The lowest BCUT2D eigenvalue weighted by atomic mass is 9.75. The summed E-state index contributed by atoms with van der Waals surface area (Å²) in [6.07, 6.45) is 3.24. The molecule has 6 heteroatoms. The predicted molar refractivity (Wildman–Crippen MR) is 118 cm³/mol. The Kier molecular flexibility index (Phi) is 8.69. The van der Waals surface area contributed by atoms with E-state index in [1.54, 1.807) is 18.2 Å². The van der Waals surface area contributed by atoms with Crippen LogP contribution in [0.4, 0.5) is 5.69 Å². The SMILES string of the molecule is Cc1cc(Cl)ccc1NC(=O)CSC(C)C(=O)OC1CC(C)CCC1C(C)C.